The highest BCUT2D eigenvalue weighted by atomic mass is 19.4. The number of alkyl halides is 3. The van der Waals surface area contributed by atoms with Crippen LogP contribution >= 0.6 is 0 Å². The van der Waals surface area contributed by atoms with E-state index in [-0.39, 0.29) is 5.92 Å². The van der Waals surface area contributed by atoms with Gasteiger partial charge in [0.2, 0.25) is 0 Å². The van der Waals surface area contributed by atoms with Crippen molar-refractivity contribution in [2.45, 2.75) is 26.1 Å². The fraction of sp³-hybridized carbons (Fsp3) is 0.524. The Hall–Kier alpha value is -2.55. The number of aromatic nitrogens is 2. The molecular formula is C21H29F3N6. The van der Waals surface area contributed by atoms with Crippen molar-refractivity contribution in [1.29, 1.82) is 0 Å². The quantitative estimate of drug-likeness (QED) is 0.531. The number of nitrogens with one attached hydrogen (secondary N) is 2. The number of H-pyrrole nitrogens is 1. The molecule has 30 heavy (non-hydrogen) atoms. The molecule has 0 radical (unpaired) electrons. The van der Waals surface area contributed by atoms with Gasteiger partial charge in [0.25, 0.3) is 0 Å². The first kappa shape index (κ1) is 22.1. The highest BCUT2D eigenvalue weighted by Crippen LogP contribution is 2.23. The Labute approximate surface area is 175 Å². The Bertz CT molecular complexity index is 818. The van der Waals surface area contributed by atoms with Gasteiger partial charge in [0.1, 0.15) is 5.82 Å². The maximum atomic E-state index is 12.6. The molecule has 0 saturated carbocycles. The lowest BCUT2D eigenvalue weighted by molar-refractivity contribution is -0.143. The SMILES string of the molecule is CCNC(=NCC1CCN(CC(F)(F)F)C1)N(C)Cc1ncc(-c2ccccc2)[nH]1. The minimum Gasteiger partial charge on any atom is -0.357 e. The highest BCUT2D eigenvalue weighted by Gasteiger charge is 2.34. The highest BCUT2D eigenvalue weighted by molar-refractivity contribution is 5.79. The van der Waals surface area contributed by atoms with E-state index >= 15 is 0 Å². The topological polar surface area (TPSA) is 59.6 Å². The first-order valence-electron chi connectivity index (χ1n) is 10.2. The summed E-state index contributed by atoms with van der Waals surface area (Å²) >= 11 is 0. The van der Waals surface area contributed by atoms with Gasteiger partial charge in [-0.15, -0.1) is 0 Å². The van der Waals surface area contributed by atoms with Crippen LogP contribution in [0.1, 0.15) is 19.2 Å². The summed E-state index contributed by atoms with van der Waals surface area (Å²) in [6, 6.07) is 9.99. The second-order valence-electron chi connectivity index (χ2n) is 7.67. The standard InChI is InChI=1S/C21H29F3N6/c1-3-25-20(27-11-16-9-10-30(13-16)15-21(22,23)24)29(2)14-19-26-12-18(28-19)17-7-5-4-6-8-17/h4-8,12,16H,3,9-11,13-15H2,1-2H3,(H,25,27)(H,26,28). The van der Waals surface area contributed by atoms with Crippen LogP contribution in [0.5, 0.6) is 0 Å². The molecule has 0 amide bonds. The fourth-order valence-electron chi connectivity index (χ4n) is 3.65. The average Bonchev–Trinajstić information content (AvgIpc) is 3.34. The Morgan fingerprint density at radius 1 is 1.33 bits per heavy atom. The summed E-state index contributed by atoms with van der Waals surface area (Å²) in [5.74, 6) is 1.69. The molecule has 2 N–H and O–H groups in total. The maximum absolute atomic E-state index is 12.6. The van der Waals surface area contributed by atoms with Crippen LogP contribution < -0.4 is 5.32 Å². The van der Waals surface area contributed by atoms with Crippen molar-refractivity contribution < 1.29 is 13.2 Å². The molecule has 1 fully saturated rings. The molecule has 1 atom stereocenters. The number of hydrogen-bond acceptors (Lipinski definition) is 3. The summed E-state index contributed by atoms with van der Waals surface area (Å²) in [6.07, 6.45) is -1.59. The molecule has 3 rings (SSSR count). The van der Waals surface area contributed by atoms with Crippen molar-refractivity contribution in [2.75, 3.05) is 39.8 Å². The van der Waals surface area contributed by atoms with Crippen molar-refractivity contribution in [1.82, 2.24) is 25.1 Å². The molecule has 164 valence electrons. The molecule has 1 aliphatic rings. The van der Waals surface area contributed by atoms with Crippen molar-refractivity contribution in [3.8, 4) is 11.3 Å². The zero-order chi connectivity index (χ0) is 21.6. The molecule has 0 spiro atoms. The molecule has 6 nitrogen and oxygen atoms in total. The summed E-state index contributed by atoms with van der Waals surface area (Å²) in [7, 11) is 1.93. The van der Waals surface area contributed by atoms with Gasteiger partial charge in [-0.05, 0) is 31.4 Å². The van der Waals surface area contributed by atoms with Gasteiger partial charge < -0.3 is 15.2 Å². The van der Waals surface area contributed by atoms with Gasteiger partial charge in [0.05, 0.1) is 25.0 Å². The summed E-state index contributed by atoms with van der Waals surface area (Å²) in [6.45, 7) is 3.82. The van der Waals surface area contributed by atoms with Gasteiger partial charge in [-0.25, -0.2) is 4.98 Å². The van der Waals surface area contributed by atoms with E-state index < -0.39 is 12.7 Å². The smallest absolute Gasteiger partial charge is 0.357 e. The van der Waals surface area contributed by atoms with Crippen LogP contribution in [0.2, 0.25) is 0 Å². The van der Waals surface area contributed by atoms with Crippen molar-refractivity contribution in [3.63, 3.8) is 0 Å². The Balaban J connectivity index is 1.57. The summed E-state index contributed by atoms with van der Waals surface area (Å²) in [5, 5.41) is 3.26. The lowest BCUT2D eigenvalue weighted by atomic mass is 10.1. The van der Waals surface area contributed by atoms with E-state index in [9.17, 15) is 13.2 Å². The van der Waals surface area contributed by atoms with Gasteiger partial charge in [-0.1, -0.05) is 30.3 Å². The van der Waals surface area contributed by atoms with E-state index in [1.807, 2.05) is 55.4 Å². The van der Waals surface area contributed by atoms with Crippen LogP contribution in [0.15, 0.2) is 41.5 Å². The zero-order valence-electron chi connectivity index (χ0n) is 17.4. The molecule has 1 aliphatic heterocycles. The van der Waals surface area contributed by atoms with Crippen LogP contribution in [0.4, 0.5) is 13.2 Å². The minimum absolute atomic E-state index is 0.141. The minimum atomic E-state index is -4.14. The molecule has 0 aliphatic carbocycles. The number of aliphatic imine (C=N–C) groups is 1. The first-order chi connectivity index (χ1) is 14.3. The third kappa shape index (κ3) is 6.48. The van der Waals surface area contributed by atoms with Crippen molar-refractivity contribution in [3.05, 3.63) is 42.4 Å². The monoisotopic (exact) mass is 422 g/mol. The predicted octanol–water partition coefficient (Wildman–Crippen LogP) is 3.36. The van der Waals surface area contributed by atoms with Gasteiger partial charge in [0.15, 0.2) is 5.96 Å². The average molecular weight is 422 g/mol. The normalized spacial score (nSPS) is 18.0. The van der Waals surface area contributed by atoms with Crippen LogP contribution in [0.25, 0.3) is 11.3 Å². The Morgan fingerprint density at radius 2 is 2.10 bits per heavy atom. The maximum Gasteiger partial charge on any atom is 0.401 e. The van der Waals surface area contributed by atoms with E-state index in [2.05, 4.69) is 20.3 Å². The van der Waals surface area contributed by atoms with E-state index in [0.29, 0.717) is 32.7 Å². The second kappa shape index (κ2) is 9.97. The summed E-state index contributed by atoms with van der Waals surface area (Å²) in [5.41, 5.74) is 2.03. The third-order valence-electron chi connectivity index (χ3n) is 5.07. The van der Waals surface area contributed by atoms with E-state index in [4.69, 9.17) is 0 Å². The predicted molar refractivity (Wildman–Crippen MR) is 112 cm³/mol. The molecule has 1 aromatic heterocycles. The van der Waals surface area contributed by atoms with Crippen LogP contribution in [-0.2, 0) is 6.54 Å². The number of hydrogen-bond donors (Lipinski definition) is 2. The Kier molecular flexibility index (Phi) is 7.36. The summed E-state index contributed by atoms with van der Waals surface area (Å²) in [4.78, 5) is 15.9. The molecule has 0 bridgehead atoms. The number of imidazole rings is 1. The van der Waals surface area contributed by atoms with Crippen molar-refractivity contribution in [2.24, 2.45) is 10.9 Å². The molecular weight excluding hydrogens is 393 g/mol. The third-order valence-corrected chi connectivity index (χ3v) is 5.07. The first-order valence-corrected chi connectivity index (χ1v) is 10.2. The van der Waals surface area contributed by atoms with Crippen LogP contribution in [0, 0.1) is 5.92 Å². The summed E-state index contributed by atoms with van der Waals surface area (Å²) < 4.78 is 37.7. The Morgan fingerprint density at radius 3 is 2.80 bits per heavy atom. The van der Waals surface area contributed by atoms with Gasteiger partial charge in [0, 0.05) is 26.7 Å². The lowest BCUT2D eigenvalue weighted by Crippen LogP contribution is -2.39. The zero-order valence-corrected chi connectivity index (χ0v) is 17.4. The van der Waals surface area contributed by atoms with Gasteiger partial charge in [-0.3, -0.25) is 9.89 Å². The number of guanidine groups is 1. The van der Waals surface area contributed by atoms with Gasteiger partial charge in [-0.2, -0.15) is 13.2 Å². The molecule has 1 aromatic carbocycles. The van der Waals surface area contributed by atoms with E-state index in [1.165, 1.54) is 4.90 Å². The number of aromatic amines is 1. The molecule has 2 heterocycles. The number of likely N-dealkylation sites (tertiary alicyclic amines) is 1. The number of rotatable bonds is 7. The lowest BCUT2D eigenvalue weighted by Gasteiger charge is -2.22. The number of benzene rings is 1. The molecule has 1 unspecified atom stereocenters. The van der Waals surface area contributed by atoms with Crippen molar-refractivity contribution >= 4 is 5.96 Å². The van der Waals surface area contributed by atoms with Gasteiger partial charge >= 0.3 is 6.18 Å². The molecule has 1 saturated heterocycles. The van der Waals surface area contributed by atoms with E-state index in [1.54, 1.807) is 0 Å². The largest absolute Gasteiger partial charge is 0.401 e. The second-order valence-corrected chi connectivity index (χ2v) is 7.67. The van der Waals surface area contributed by atoms with Crippen LogP contribution in [0.3, 0.4) is 0 Å². The number of nitrogens with zero attached hydrogens (tertiary/aromatic N) is 4. The van der Waals surface area contributed by atoms with Crippen LogP contribution in [-0.4, -0.2) is 71.7 Å². The molecule has 9 heteroatoms. The fourth-order valence-corrected chi connectivity index (χ4v) is 3.65. The number of halogens is 3. The molecule has 2 aromatic rings. The van der Waals surface area contributed by atoms with E-state index in [0.717, 1.165) is 29.5 Å².